The quantitative estimate of drug-likeness (QED) is 0.0793. The molecule has 30 nitrogen and oxygen atoms in total. The lowest BCUT2D eigenvalue weighted by atomic mass is 9.94. The first-order chi connectivity index (χ1) is 32.5. The predicted molar refractivity (Wildman–Crippen MR) is 212 cm³/mol. The minimum absolute atomic E-state index is 0.929. The Bertz CT molecular complexity index is 1550. The Kier molecular flexibility index (Phi) is 19.3. The van der Waals surface area contributed by atoms with Gasteiger partial charge in [-0.3, -0.25) is 0 Å². The number of ether oxygens (including phenoxy) is 12. The van der Waals surface area contributed by atoms with Crippen LogP contribution in [0.15, 0.2) is 0 Å². The van der Waals surface area contributed by atoms with Crippen molar-refractivity contribution < 1.29 is 147 Å². The molecule has 0 aromatic carbocycles. The van der Waals surface area contributed by atoms with Crippen LogP contribution in [0.3, 0.4) is 0 Å². The van der Waals surface area contributed by atoms with Crippen molar-refractivity contribution in [2.75, 3.05) is 39.6 Å². The van der Waals surface area contributed by atoms with Gasteiger partial charge in [0.2, 0.25) is 0 Å². The van der Waals surface area contributed by atoms with Crippen LogP contribution in [0.1, 0.15) is 0 Å². The highest BCUT2D eigenvalue weighted by atomic mass is 32.1. The first kappa shape index (κ1) is 55.3. The van der Waals surface area contributed by atoms with Crippen LogP contribution in [-0.4, -0.2) is 306 Å². The van der Waals surface area contributed by atoms with Gasteiger partial charge in [0.15, 0.2) is 37.7 Å². The second-order valence-electron chi connectivity index (χ2n) is 17.0. The molecule has 396 valence electrons. The van der Waals surface area contributed by atoms with E-state index in [0.29, 0.717) is 0 Å². The minimum Gasteiger partial charge on any atom is -0.394 e. The van der Waals surface area contributed by atoms with Crippen molar-refractivity contribution in [3.05, 3.63) is 0 Å². The van der Waals surface area contributed by atoms with E-state index in [4.69, 9.17) is 65.2 Å². The standard InChI is InChI=1S/C36H60O30S2/c37-1-7-23-14(44)18(48)32(54-7)61-25-9(3-39)56-34(20(50)16(25)46)63-27-11(5-41)58-36(22(52)30(27)66-68)64-28-12(6-42)57-35(21(51)29(28)65-67)62-26-10(4-40)55-33(19(49)15(26)45)60-24-8(2-38)53-31(59-23)17(47)13(24)43/h7-52,67-68H,1-6H2/t7-,8-,9-,10-,11-,12-,13-,14-,15-,16-,17-,18-,19-,20-,21-,22-,23-,24-,25-,26-,27+,28+,29-,30-,31-,32-,33-,34-,35-,36-/m1/s1. The highest BCUT2D eigenvalue weighted by Gasteiger charge is 2.59. The van der Waals surface area contributed by atoms with Crippen molar-refractivity contribution in [3.8, 4) is 0 Å². The van der Waals surface area contributed by atoms with Crippen LogP contribution in [0, 0.1) is 0 Å². The average molecular weight is 1040 g/mol. The number of hydrogen-bond donors (Lipinski definition) is 18. The van der Waals surface area contributed by atoms with Crippen LogP contribution in [0.4, 0.5) is 0 Å². The third kappa shape index (κ3) is 10.7. The zero-order valence-corrected chi connectivity index (χ0v) is 37.1. The second kappa shape index (κ2) is 23.8. The molecule has 0 aromatic heterocycles. The van der Waals surface area contributed by atoms with E-state index in [-0.39, 0.29) is 0 Å². The van der Waals surface area contributed by atoms with Crippen molar-refractivity contribution in [2.45, 2.75) is 184 Å². The lowest BCUT2D eigenvalue weighted by molar-refractivity contribution is -0.402. The Morgan fingerprint density at radius 1 is 0.250 bits per heavy atom. The predicted octanol–water partition coefficient (Wildman–Crippen LogP) is -11.3. The summed E-state index contributed by atoms with van der Waals surface area (Å²) in [5.74, 6) is 0. The van der Waals surface area contributed by atoms with Crippen LogP contribution in [-0.2, 0) is 65.2 Å². The molecular formula is C36H60O30S2. The van der Waals surface area contributed by atoms with Crippen LogP contribution in [0.2, 0.25) is 0 Å². The molecule has 68 heavy (non-hydrogen) atoms. The largest absolute Gasteiger partial charge is 0.394 e. The fraction of sp³-hybridized carbons (Fsp3) is 1.00. The molecule has 16 N–H and O–H groups in total. The molecule has 0 radical (unpaired) electrons. The van der Waals surface area contributed by atoms with Gasteiger partial charge in [-0.1, -0.05) is 0 Å². The van der Waals surface area contributed by atoms with Gasteiger partial charge in [-0.25, -0.2) is 0 Å². The Hall–Kier alpha value is -0.500. The topological polar surface area (TPSA) is 453 Å². The van der Waals surface area contributed by atoms with E-state index >= 15 is 0 Å². The fourth-order valence-electron chi connectivity index (χ4n) is 9.14. The third-order valence-corrected chi connectivity index (χ3v) is 13.3. The van der Waals surface area contributed by atoms with E-state index in [1.165, 1.54) is 0 Å². The fourth-order valence-corrected chi connectivity index (χ4v) is 9.63. The van der Waals surface area contributed by atoms with Gasteiger partial charge in [-0.2, -0.15) is 0 Å². The molecule has 22 fully saturated rings. The van der Waals surface area contributed by atoms with E-state index in [9.17, 15) is 81.7 Å². The third-order valence-electron chi connectivity index (χ3n) is 12.9. The first-order valence-electron chi connectivity index (χ1n) is 21.4. The molecule has 12 bridgehead atoms. The molecule has 0 spiro atoms. The molecule has 0 amide bonds. The summed E-state index contributed by atoms with van der Waals surface area (Å²) in [6.07, 6.45) is -56.1. The second-order valence-corrected chi connectivity index (χ2v) is 17.4. The molecule has 0 aromatic rings. The molecule has 32 heteroatoms. The van der Waals surface area contributed by atoms with Gasteiger partial charge in [-0.15, -0.1) is 0 Å². The zero-order chi connectivity index (χ0) is 49.5. The van der Waals surface area contributed by atoms with E-state index < -0.39 is 224 Å². The minimum atomic E-state index is -2.14. The molecule has 0 aliphatic carbocycles. The Morgan fingerprint density at radius 2 is 0.426 bits per heavy atom. The highest BCUT2D eigenvalue weighted by Crippen LogP contribution is 2.39. The average Bonchev–Trinajstić information content (AvgIpc) is 3.33. The molecule has 22 aliphatic rings. The van der Waals surface area contributed by atoms with E-state index in [0.717, 1.165) is 0 Å². The van der Waals surface area contributed by atoms with Crippen molar-refractivity contribution >= 4 is 25.8 Å². The number of thiol groups is 2. The Morgan fingerprint density at radius 3 is 0.618 bits per heavy atom. The lowest BCUT2D eigenvalue weighted by Crippen LogP contribution is -2.69. The highest BCUT2D eigenvalue weighted by molar-refractivity contribution is 7.75. The van der Waals surface area contributed by atoms with Gasteiger partial charge in [0.05, 0.1) is 39.6 Å². The van der Waals surface area contributed by atoms with Gasteiger partial charge in [0.1, 0.15) is 146 Å². The first-order valence-corrected chi connectivity index (χ1v) is 22.2. The number of rotatable bonds is 8. The monoisotopic (exact) mass is 1040 g/mol. The normalized spacial score (nSPS) is 54.1. The molecular weight excluding hydrogens is 977 g/mol. The van der Waals surface area contributed by atoms with Crippen LogP contribution in [0.25, 0.3) is 0 Å². The molecule has 0 unspecified atom stereocenters. The van der Waals surface area contributed by atoms with Crippen LogP contribution < -0.4 is 0 Å². The molecule has 0 saturated carbocycles. The summed E-state index contributed by atoms with van der Waals surface area (Å²) in [4.78, 5) is 0. The maximum absolute atomic E-state index is 11.5. The Labute approximate surface area is 395 Å². The van der Waals surface area contributed by atoms with Gasteiger partial charge in [0, 0.05) is 0 Å². The molecule has 22 aliphatic heterocycles. The smallest absolute Gasteiger partial charge is 0.187 e. The molecule has 30 atom stereocenters. The van der Waals surface area contributed by atoms with Crippen molar-refractivity contribution in [3.63, 3.8) is 0 Å². The van der Waals surface area contributed by atoms with Crippen LogP contribution >= 0.6 is 25.8 Å². The van der Waals surface area contributed by atoms with E-state index in [1.807, 2.05) is 0 Å². The van der Waals surface area contributed by atoms with E-state index in [2.05, 4.69) is 25.8 Å². The van der Waals surface area contributed by atoms with Gasteiger partial charge < -0.3 is 147 Å². The lowest BCUT2D eigenvalue weighted by Gasteiger charge is -2.51. The Balaban J connectivity index is 1.21. The number of aliphatic hydroxyl groups excluding tert-OH is 16. The molecule has 22 heterocycles. The summed E-state index contributed by atoms with van der Waals surface area (Å²) >= 11 is 7.67. The van der Waals surface area contributed by atoms with Gasteiger partial charge in [0.25, 0.3) is 0 Å². The number of hydrogen-bond acceptors (Lipinski definition) is 32. The van der Waals surface area contributed by atoms with Crippen molar-refractivity contribution in [2.24, 2.45) is 0 Å². The summed E-state index contributed by atoms with van der Waals surface area (Å²) in [7, 11) is 0. The number of aliphatic hydroxyl groups is 16. The van der Waals surface area contributed by atoms with Gasteiger partial charge in [-0.05, 0) is 25.8 Å². The van der Waals surface area contributed by atoms with Gasteiger partial charge >= 0.3 is 0 Å². The summed E-state index contributed by atoms with van der Waals surface area (Å²) < 4.78 is 79.5. The zero-order valence-electron chi connectivity index (χ0n) is 35.3. The SMILES string of the molecule is OC[C@H]1O[C@@H]2O[C@@H]3[C@H](OS)[C@@H](O)[C@@H](O[C@H]4[C@H](O)[C@@H](O)[C@@H](O[C@H]5[C@H](O)[C@@H](O)[C@@H](O[C@H]6[C@H](O)[C@@H](O)[C@@H](O[C@H]7[C@H](O)[C@@H](O)[C@@H](O[C@@H]1[C@H](OS)[C@H]2O)O[C@@H]7CO)O[C@@H]6CO)O[C@@H]5CO)O[C@@H]4CO)O[C@@H]3CO. The van der Waals surface area contributed by atoms with Crippen molar-refractivity contribution in [1.82, 2.24) is 0 Å². The van der Waals surface area contributed by atoms with Crippen LogP contribution in [0.5, 0.6) is 0 Å². The summed E-state index contributed by atoms with van der Waals surface area (Å²) in [5, 5.41) is 175. The van der Waals surface area contributed by atoms with Crippen molar-refractivity contribution in [1.29, 1.82) is 0 Å². The molecule has 22 saturated heterocycles. The maximum atomic E-state index is 11.5. The van der Waals surface area contributed by atoms with E-state index in [1.54, 1.807) is 0 Å². The summed E-state index contributed by atoms with van der Waals surface area (Å²) in [6, 6.07) is 0. The summed E-state index contributed by atoms with van der Waals surface area (Å²) in [5.41, 5.74) is 0. The summed E-state index contributed by atoms with van der Waals surface area (Å²) in [6.45, 7) is -5.79. The molecule has 22 rings (SSSR count). The maximum Gasteiger partial charge on any atom is 0.187 e.